The molecule has 1 amide bonds. The molecule has 3 aromatic carbocycles. The Morgan fingerprint density at radius 1 is 0.697 bits per heavy atom. The monoisotopic (exact) mass is 439 g/mol. The molecule has 0 aliphatic heterocycles. The Morgan fingerprint density at radius 3 is 1.76 bits per heavy atom. The molecule has 1 heterocycles. The minimum atomic E-state index is -0.581. The molecule has 4 aromatic rings. The maximum atomic E-state index is 12.7. The lowest BCUT2D eigenvalue weighted by atomic mass is 10.2. The third kappa shape index (κ3) is 6.27. The molecule has 0 aliphatic carbocycles. The number of carbonyl (C=O) groups is 1. The number of benzene rings is 3. The predicted octanol–water partition coefficient (Wildman–Crippen LogP) is 5.11. The normalized spacial score (nSPS) is 11.3. The maximum Gasteiger partial charge on any atom is 0.246 e. The van der Waals surface area contributed by atoms with Gasteiger partial charge in [0.2, 0.25) is 23.8 Å². The van der Waals surface area contributed by atoms with Crippen LogP contribution in [0.15, 0.2) is 84.9 Å². The molecule has 0 saturated carbocycles. The van der Waals surface area contributed by atoms with Crippen LogP contribution in [0.25, 0.3) is 0 Å². The Balaban J connectivity index is 1.54. The number of aryl methyl sites for hydroxylation is 1. The number of hydrogen-bond donors (Lipinski definition) is 4. The molecule has 8 heteroatoms. The van der Waals surface area contributed by atoms with E-state index >= 15 is 0 Å². The van der Waals surface area contributed by atoms with Gasteiger partial charge in [0.1, 0.15) is 6.04 Å². The molecule has 33 heavy (non-hydrogen) atoms. The summed E-state index contributed by atoms with van der Waals surface area (Å²) in [4.78, 5) is 26.1. The highest BCUT2D eigenvalue weighted by molar-refractivity contribution is 5.96. The van der Waals surface area contributed by atoms with Gasteiger partial charge in [0.25, 0.3) is 0 Å². The maximum absolute atomic E-state index is 12.7. The fourth-order valence-corrected chi connectivity index (χ4v) is 3.09. The number of amides is 1. The largest absolute Gasteiger partial charge is 0.342 e. The molecule has 0 radical (unpaired) electrons. The van der Waals surface area contributed by atoms with Gasteiger partial charge in [-0.2, -0.15) is 15.0 Å². The average molecular weight is 440 g/mol. The van der Waals surface area contributed by atoms with Crippen LogP contribution in [0.4, 0.5) is 34.9 Å². The fourth-order valence-electron chi connectivity index (χ4n) is 3.09. The van der Waals surface area contributed by atoms with Crippen LogP contribution >= 0.6 is 0 Å². The van der Waals surface area contributed by atoms with Gasteiger partial charge in [-0.1, -0.05) is 48.5 Å². The van der Waals surface area contributed by atoms with E-state index in [0.717, 1.165) is 22.6 Å². The molecular formula is C25H25N7O. The zero-order valence-corrected chi connectivity index (χ0v) is 18.4. The summed E-state index contributed by atoms with van der Waals surface area (Å²) in [6, 6.07) is 26.3. The van der Waals surface area contributed by atoms with Crippen LogP contribution in [-0.2, 0) is 4.79 Å². The van der Waals surface area contributed by atoms with E-state index in [2.05, 4.69) is 36.2 Å². The first-order valence-corrected chi connectivity index (χ1v) is 10.6. The van der Waals surface area contributed by atoms with E-state index < -0.39 is 6.04 Å². The Bertz CT molecular complexity index is 1160. The number of carbonyl (C=O) groups excluding carboxylic acids is 1. The van der Waals surface area contributed by atoms with Crippen molar-refractivity contribution in [2.24, 2.45) is 0 Å². The molecule has 1 aromatic heterocycles. The van der Waals surface area contributed by atoms with Crippen molar-refractivity contribution in [2.45, 2.75) is 19.9 Å². The molecule has 0 aliphatic rings. The molecule has 1 atom stereocenters. The molecule has 0 spiro atoms. The Kier molecular flexibility index (Phi) is 6.75. The first-order valence-electron chi connectivity index (χ1n) is 10.6. The van der Waals surface area contributed by atoms with Crippen LogP contribution < -0.4 is 21.3 Å². The quantitative estimate of drug-likeness (QED) is 0.303. The molecule has 0 bridgehead atoms. The highest BCUT2D eigenvalue weighted by atomic mass is 16.2. The van der Waals surface area contributed by atoms with Crippen LogP contribution in [0.1, 0.15) is 12.5 Å². The molecule has 0 unspecified atom stereocenters. The predicted molar refractivity (Wildman–Crippen MR) is 132 cm³/mol. The van der Waals surface area contributed by atoms with Crippen molar-refractivity contribution in [1.29, 1.82) is 0 Å². The molecule has 166 valence electrons. The second-order valence-corrected chi connectivity index (χ2v) is 7.51. The summed E-state index contributed by atoms with van der Waals surface area (Å²) in [7, 11) is 0. The van der Waals surface area contributed by atoms with Gasteiger partial charge in [-0.25, -0.2) is 0 Å². The summed E-state index contributed by atoms with van der Waals surface area (Å²) in [6.07, 6.45) is 0. The minimum absolute atomic E-state index is 0.198. The Morgan fingerprint density at radius 2 is 1.21 bits per heavy atom. The summed E-state index contributed by atoms with van der Waals surface area (Å²) in [5.41, 5.74) is 3.48. The van der Waals surface area contributed by atoms with Gasteiger partial charge in [0, 0.05) is 17.1 Å². The van der Waals surface area contributed by atoms with Crippen LogP contribution in [-0.4, -0.2) is 26.9 Å². The second-order valence-electron chi connectivity index (χ2n) is 7.51. The zero-order valence-electron chi connectivity index (χ0n) is 18.4. The smallest absolute Gasteiger partial charge is 0.246 e. The second kappa shape index (κ2) is 10.2. The third-order valence-corrected chi connectivity index (χ3v) is 4.72. The summed E-state index contributed by atoms with van der Waals surface area (Å²) in [5, 5.41) is 12.3. The van der Waals surface area contributed by atoms with Crippen molar-refractivity contribution in [2.75, 3.05) is 21.3 Å². The van der Waals surface area contributed by atoms with E-state index in [1.165, 1.54) is 0 Å². The first kappa shape index (κ1) is 21.8. The Hall–Kier alpha value is -4.46. The van der Waals surface area contributed by atoms with E-state index in [9.17, 15) is 4.79 Å². The van der Waals surface area contributed by atoms with Crippen molar-refractivity contribution in [3.63, 3.8) is 0 Å². The lowest BCUT2D eigenvalue weighted by molar-refractivity contribution is -0.116. The summed E-state index contributed by atoms with van der Waals surface area (Å²) < 4.78 is 0. The number of hydrogen-bond acceptors (Lipinski definition) is 7. The van der Waals surface area contributed by atoms with Gasteiger partial charge in [-0.3, -0.25) is 4.79 Å². The number of aromatic nitrogens is 3. The van der Waals surface area contributed by atoms with E-state index in [4.69, 9.17) is 0 Å². The number of rotatable bonds is 8. The third-order valence-electron chi connectivity index (χ3n) is 4.72. The topological polar surface area (TPSA) is 104 Å². The van der Waals surface area contributed by atoms with Crippen molar-refractivity contribution < 1.29 is 4.79 Å². The van der Waals surface area contributed by atoms with E-state index in [1.807, 2.05) is 91.9 Å². The minimum Gasteiger partial charge on any atom is -0.342 e. The highest BCUT2D eigenvalue weighted by Gasteiger charge is 2.16. The van der Waals surface area contributed by atoms with Crippen molar-refractivity contribution >= 4 is 40.8 Å². The van der Waals surface area contributed by atoms with Crippen molar-refractivity contribution in [1.82, 2.24) is 15.0 Å². The SMILES string of the molecule is Cc1cccc(NC(=O)[C@H](C)Nc2nc(Nc3ccccc3)nc(Nc3ccccc3)n2)c1. The lowest BCUT2D eigenvalue weighted by Gasteiger charge is -2.16. The summed E-state index contributed by atoms with van der Waals surface area (Å²) in [5.74, 6) is 0.775. The number of para-hydroxylation sites is 2. The van der Waals surface area contributed by atoms with Gasteiger partial charge in [-0.05, 0) is 55.8 Å². The molecule has 0 fully saturated rings. The number of nitrogens with one attached hydrogen (secondary N) is 4. The van der Waals surface area contributed by atoms with E-state index in [-0.39, 0.29) is 11.9 Å². The van der Waals surface area contributed by atoms with Crippen LogP contribution in [0.3, 0.4) is 0 Å². The molecule has 0 saturated heterocycles. The van der Waals surface area contributed by atoms with Gasteiger partial charge >= 0.3 is 0 Å². The zero-order chi connectivity index (χ0) is 23.0. The van der Waals surface area contributed by atoms with Crippen LogP contribution in [0.2, 0.25) is 0 Å². The van der Waals surface area contributed by atoms with Gasteiger partial charge < -0.3 is 21.3 Å². The lowest BCUT2D eigenvalue weighted by Crippen LogP contribution is -2.32. The highest BCUT2D eigenvalue weighted by Crippen LogP contribution is 2.19. The van der Waals surface area contributed by atoms with Crippen LogP contribution in [0.5, 0.6) is 0 Å². The molecule has 4 rings (SSSR count). The Labute approximate surface area is 192 Å². The van der Waals surface area contributed by atoms with Crippen molar-refractivity contribution in [3.05, 3.63) is 90.5 Å². The van der Waals surface area contributed by atoms with E-state index in [0.29, 0.717) is 11.9 Å². The van der Waals surface area contributed by atoms with Crippen LogP contribution in [0, 0.1) is 6.92 Å². The summed E-state index contributed by atoms with van der Waals surface area (Å²) >= 11 is 0. The molecule has 8 nitrogen and oxygen atoms in total. The van der Waals surface area contributed by atoms with Gasteiger partial charge in [0.05, 0.1) is 0 Å². The number of nitrogens with zero attached hydrogens (tertiary/aromatic N) is 3. The van der Waals surface area contributed by atoms with Gasteiger partial charge in [-0.15, -0.1) is 0 Å². The molecule has 4 N–H and O–H groups in total. The molecular weight excluding hydrogens is 414 g/mol. The summed E-state index contributed by atoms with van der Waals surface area (Å²) in [6.45, 7) is 3.73. The average Bonchev–Trinajstić information content (AvgIpc) is 2.80. The van der Waals surface area contributed by atoms with Crippen molar-refractivity contribution in [3.8, 4) is 0 Å². The standard InChI is InChI=1S/C25H25N7O/c1-17-10-9-15-21(16-17)27-22(33)18(2)26-23-30-24(28-19-11-5-3-6-12-19)32-25(31-23)29-20-13-7-4-8-14-20/h3-16,18H,1-2H3,(H,27,33)(H3,26,28,29,30,31,32)/t18-/m0/s1. The van der Waals surface area contributed by atoms with Gasteiger partial charge in [0.15, 0.2) is 0 Å². The fraction of sp³-hybridized carbons (Fsp3) is 0.120. The first-order chi connectivity index (χ1) is 16.0. The number of anilines is 6. The van der Waals surface area contributed by atoms with E-state index in [1.54, 1.807) is 6.92 Å².